The van der Waals surface area contributed by atoms with Crippen molar-refractivity contribution in [3.05, 3.63) is 59.2 Å². The number of hydrogen-bond donors (Lipinski definition) is 0. The summed E-state index contributed by atoms with van der Waals surface area (Å²) in [6.07, 6.45) is 1.76. The van der Waals surface area contributed by atoms with Crippen LogP contribution in [0.1, 0.15) is 23.6 Å². The second-order valence-electron chi connectivity index (χ2n) is 4.71. The molecular weight excluding hydrogens is 288 g/mol. The van der Waals surface area contributed by atoms with Crippen LogP contribution in [0.3, 0.4) is 0 Å². The molecule has 4 nitrogen and oxygen atoms in total. The lowest BCUT2D eigenvalue weighted by molar-refractivity contribution is 0.311. The normalized spacial score (nSPS) is 10.5. The number of hydrogen-bond acceptors (Lipinski definition) is 4. The molecule has 0 aliphatic rings. The molecule has 114 valence electrons. The average Bonchev–Trinajstić information content (AvgIpc) is 2.60. The molecule has 4 heteroatoms. The minimum Gasteiger partial charge on any atom is -0.493 e. The minimum absolute atomic E-state index is 0.481. The maximum absolute atomic E-state index is 9.42. The Morgan fingerprint density at radius 3 is 2.61 bits per heavy atom. The van der Waals surface area contributed by atoms with E-state index < -0.39 is 0 Å². The molecule has 0 aromatic heterocycles. The number of allylic oxidation sites excluding steroid dienone is 1. The topological polar surface area (TPSA) is 66.0 Å². The van der Waals surface area contributed by atoms with Crippen molar-refractivity contribution in [3.8, 4) is 23.6 Å². The molecule has 0 bridgehead atoms. The van der Waals surface area contributed by atoms with Crippen molar-refractivity contribution in [3.63, 3.8) is 0 Å². The van der Waals surface area contributed by atoms with Crippen LogP contribution in [0.2, 0.25) is 0 Å². The number of rotatable bonds is 5. The van der Waals surface area contributed by atoms with Gasteiger partial charge in [0.1, 0.15) is 0 Å². The summed E-state index contributed by atoms with van der Waals surface area (Å²) in [6.45, 7) is 2.43. The smallest absolute Gasteiger partial charge is 0.161 e. The second kappa shape index (κ2) is 7.68. The molecule has 0 radical (unpaired) electrons. The van der Waals surface area contributed by atoms with Gasteiger partial charge in [-0.15, -0.1) is 0 Å². The van der Waals surface area contributed by atoms with Crippen LogP contribution in [-0.4, -0.2) is 13.7 Å². The molecule has 23 heavy (non-hydrogen) atoms. The summed E-state index contributed by atoms with van der Waals surface area (Å²) in [5, 5.41) is 18.4. The monoisotopic (exact) mass is 304 g/mol. The van der Waals surface area contributed by atoms with Crippen LogP contribution in [0, 0.1) is 22.7 Å². The van der Waals surface area contributed by atoms with Gasteiger partial charge in [-0.05, 0) is 48.4 Å². The third-order valence-corrected chi connectivity index (χ3v) is 3.22. The Hall–Kier alpha value is -3.24. The summed E-state index contributed by atoms with van der Waals surface area (Å²) in [5.74, 6) is 1.28. The molecule has 0 saturated heterocycles. The molecule has 0 unspecified atom stereocenters. The highest BCUT2D eigenvalue weighted by Crippen LogP contribution is 2.29. The first kappa shape index (κ1) is 16.1. The van der Waals surface area contributed by atoms with E-state index in [1.807, 2.05) is 25.1 Å². The van der Waals surface area contributed by atoms with E-state index in [-0.39, 0.29) is 0 Å². The van der Waals surface area contributed by atoms with E-state index in [4.69, 9.17) is 14.7 Å². The number of nitriles is 2. The Balaban J connectivity index is 2.44. The third kappa shape index (κ3) is 3.90. The van der Waals surface area contributed by atoms with Crippen molar-refractivity contribution in [2.24, 2.45) is 0 Å². The van der Waals surface area contributed by atoms with Gasteiger partial charge in [0.15, 0.2) is 11.5 Å². The zero-order chi connectivity index (χ0) is 16.7. The fourth-order valence-corrected chi connectivity index (χ4v) is 2.15. The lowest BCUT2D eigenvalue weighted by atomic mass is 10.0. The van der Waals surface area contributed by atoms with Crippen molar-refractivity contribution in [2.45, 2.75) is 6.92 Å². The summed E-state index contributed by atoms with van der Waals surface area (Å²) in [5.41, 5.74) is 2.54. The molecule has 2 aromatic rings. The standard InChI is InChI=1S/C19H16N2O2/c1-3-23-19-11-14(7-8-18(19)22-2)9-17(13-21)16-6-4-5-15(10-16)12-20/h4-11H,3H2,1-2H3/b17-9-. The van der Waals surface area contributed by atoms with Gasteiger partial charge in [-0.25, -0.2) is 0 Å². The molecule has 0 atom stereocenters. The van der Waals surface area contributed by atoms with Crippen LogP contribution in [-0.2, 0) is 0 Å². The van der Waals surface area contributed by atoms with Crippen LogP contribution in [0.25, 0.3) is 11.6 Å². The lowest BCUT2D eigenvalue weighted by Gasteiger charge is -2.10. The zero-order valence-electron chi connectivity index (χ0n) is 13.0. The highest BCUT2D eigenvalue weighted by molar-refractivity contribution is 5.90. The molecular formula is C19H16N2O2. The SMILES string of the molecule is CCOc1cc(/C=C(/C#N)c2cccc(C#N)c2)ccc1OC. The quantitative estimate of drug-likeness (QED) is 0.618. The van der Waals surface area contributed by atoms with E-state index in [2.05, 4.69) is 12.1 Å². The largest absolute Gasteiger partial charge is 0.493 e. The van der Waals surface area contributed by atoms with E-state index in [1.54, 1.807) is 37.5 Å². The minimum atomic E-state index is 0.481. The third-order valence-electron chi connectivity index (χ3n) is 3.22. The van der Waals surface area contributed by atoms with E-state index >= 15 is 0 Å². The van der Waals surface area contributed by atoms with Gasteiger partial charge in [-0.1, -0.05) is 18.2 Å². The number of benzene rings is 2. The molecule has 0 saturated carbocycles. The second-order valence-corrected chi connectivity index (χ2v) is 4.71. The van der Waals surface area contributed by atoms with Crippen LogP contribution < -0.4 is 9.47 Å². The maximum atomic E-state index is 9.42. The van der Waals surface area contributed by atoms with Crippen LogP contribution in [0.5, 0.6) is 11.5 Å². The molecule has 0 aliphatic carbocycles. The Morgan fingerprint density at radius 1 is 1.13 bits per heavy atom. The van der Waals surface area contributed by atoms with Crippen molar-refractivity contribution in [2.75, 3.05) is 13.7 Å². The van der Waals surface area contributed by atoms with Gasteiger partial charge in [-0.2, -0.15) is 10.5 Å². The molecule has 0 N–H and O–H groups in total. The summed E-state index contributed by atoms with van der Waals surface area (Å²) in [6, 6.07) is 16.7. The van der Waals surface area contributed by atoms with Crippen molar-refractivity contribution in [1.29, 1.82) is 10.5 Å². The first-order valence-corrected chi connectivity index (χ1v) is 7.15. The first-order chi connectivity index (χ1) is 11.2. The van der Waals surface area contributed by atoms with Crippen molar-refractivity contribution in [1.82, 2.24) is 0 Å². The van der Waals surface area contributed by atoms with Crippen LogP contribution in [0.4, 0.5) is 0 Å². The zero-order valence-corrected chi connectivity index (χ0v) is 13.0. The number of methoxy groups -OCH3 is 1. The summed E-state index contributed by atoms with van der Waals surface area (Å²) >= 11 is 0. The molecule has 0 heterocycles. The van der Waals surface area contributed by atoms with Gasteiger partial charge in [0, 0.05) is 0 Å². The Labute approximate surface area is 135 Å². The van der Waals surface area contributed by atoms with Crippen molar-refractivity contribution < 1.29 is 9.47 Å². The van der Waals surface area contributed by atoms with E-state index in [0.29, 0.717) is 34.8 Å². The van der Waals surface area contributed by atoms with Gasteiger partial charge in [-0.3, -0.25) is 0 Å². The highest BCUT2D eigenvalue weighted by Gasteiger charge is 2.07. The summed E-state index contributed by atoms with van der Waals surface area (Å²) < 4.78 is 10.8. The summed E-state index contributed by atoms with van der Waals surface area (Å²) in [7, 11) is 1.58. The predicted octanol–water partition coefficient (Wildman–Crippen LogP) is 4.03. The van der Waals surface area contributed by atoms with E-state index in [9.17, 15) is 5.26 Å². The fraction of sp³-hybridized carbons (Fsp3) is 0.158. The summed E-state index contributed by atoms with van der Waals surface area (Å²) in [4.78, 5) is 0. The molecule has 0 amide bonds. The van der Waals surface area contributed by atoms with Crippen LogP contribution in [0.15, 0.2) is 42.5 Å². The van der Waals surface area contributed by atoms with Gasteiger partial charge in [0.25, 0.3) is 0 Å². The number of ether oxygens (including phenoxy) is 2. The van der Waals surface area contributed by atoms with Crippen molar-refractivity contribution >= 4 is 11.6 Å². The first-order valence-electron chi connectivity index (χ1n) is 7.15. The molecule has 0 aliphatic heterocycles. The Morgan fingerprint density at radius 2 is 1.96 bits per heavy atom. The van der Waals surface area contributed by atoms with Crippen LogP contribution >= 0.6 is 0 Å². The van der Waals surface area contributed by atoms with Gasteiger partial charge in [0.05, 0.1) is 37.0 Å². The van der Waals surface area contributed by atoms with Gasteiger partial charge >= 0.3 is 0 Å². The van der Waals surface area contributed by atoms with E-state index in [1.165, 1.54) is 0 Å². The maximum Gasteiger partial charge on any atom is 0.161 e. The molecule has 2 rings (SSSR count). The number of nitrogens with zero attached hydrogens (tertiary/aromatic N) is 2. The van der Waals surface area contributed by atoms with E-state index in [0.717, 1.165) is 5.56 Å². The van der Waals surface area contributed by atoms with Gasteiger partial charge < -0.3 is 9.47 Å². The molecule has 2 aromatic carbocycles. The molecule has 0 spiro atoms. The molecule has 0 fully saturated rings. The van der Waals surface area contributed by atoms with Gasteiger partial charge in [0.2, 0.25) is 0 Å². The fourth-order valence-electron chi connectivity index (χ4n) is 2.15. The lowest BCUT2D eigenvalue weighted by Crippen LogP contribution is -1.95. The Bertz CT molecular complexity index is 811. The predicted molar refractivity (Wildman–Crippen MR) is 88.8 cm³/mol. The highest BCUT2D eigenvalue weighted by atomic mass is 16.5. The average molecular weight is 304 g/mol. The Kier molecular flexibility index (Phi) is 5.39.